The number of amides is 1. The zero-order chi connectivity index (χ0) is 13.3. The highest BCUT2D eigenvalue weighted by molar-refractivity contribution is 7.09. The fourth-order valence-electron chi connectivity index (χ4n) is 2.66. The number of nitrogens with one attached hydrogen (secondary N) is 1. The molecule has 1 N–H and O–H groups in total. The second-order valence-corrected chi connectivity index (χ2v) is 6.59. The molecule has 0 radical (unpaired) electrons. The van der Waals surface area contributed by atoms with Crippen LogP contribution >= 0.6 is 11.3 Å². The van der Waals surface area contributed by atoms with Gasteiger partial charge in [-0.05, 0) is 32.2 Å². The minimum atomic E-state index is -0.137. The number of nitrogens with zero attached hydrogens (tertiary/aromatic N) is 2. The maximum atomic E-state index is 12.6. The first-order valence-corrected chi connectivity index (χ1v) is 7.24. The zero-order valence-electron chi connectivity index (χ0n) is 11.5. The predicted octanol–water partition coefficient (Wildman–Crippen LogP) is 2.19. The third kappa shape index (κ3) is 2.42. The monoisotopic (exact) mass is 267 g/mol. The molecule has 0 aromatic carbocycles. The van der Waals surface area contributed by atoms with Crippen LogP contribution in [0.5, 0.6) is 0 Å². The Morgan fingerprint density at radius 1 is 1.56 bits per heavy atom. The lowest BCUT2D eigenvalue weighted by molar-refractivity contribution is -0.122. The van der Waals surface area contributed by atoms with E-state index in [9.17, 15) is 4.79 Å². The van der Waals surface area contributed by atoms with Crippen molar-refractivity contribution in [1.82, 2.24) is 10.3 Å². The van der Waals surface area contributed by atoms with Crippen LogP contribution in [0, 0.1) is 12.3 Å². The van der Waals surface area contributed by atoms with Gasteiger partial charge in [0.25, 0.3) is 0 Å². The predicted molar refractivity (Wildman–Crippen MR) is 75.1 cm³/mol. The maximum Gasteiger partial charge on any atom is 0.245 e. The Morgan fingerprint density at radius 3 is 2.83 bits per heavy atom. The molecule has 0 saturated carbocycles. The van der Waals surface area contributed by atoms with E-state index in [1.54, 1.807) is 11.3 Å². The molecule has 18 heavy (non-hydrogen) atoms. The SMILES string of the molecule is CNC1C(=O)N(c2csc(C)n2)CCCC1(C)C. The van der Waals surface area contributed by atoms with Crippen molar-refractivity contribution in [2.75, 3.05) is 18.5 Å². The number of thiazole rings is 1. The van der Waals surface area contributed by atoms with Crippen LogP contribution in [0.25, 0.3) is 0 Å². The highest BCUT2D eigenvalue weighted by Crippen LogP contribution is 2.33. The van der Waals surface area contributed by atoms with Crippen molar-refractivity contribution in [1.29, 1.82) is 0 Å². The van der Waals surface area contributed by atoms with Crippen molar-refractivity contribution in [2.45, 2.75) is 39.7 Å². The summed E-state index contributed by atoms with van der Waals surface area (Å²) in [5.41, 5.74) is -0.00828. The van der Waals surface area contributed by atoms with Gasteiger partial charge in [0.1, 0.15) is 5.82 Å². The number of hydrogen-bond donors (Lipinski definition) is 1. The van der Waals surface area contributed by atoms with Gasteiger partial charge in [-0.3, -0.25) is 9.69 Å². The van der Waals surface area contributed by atoms with Gasteiger partial charge in [-0.15, -0.1) is 11.3 Å². The highest BCUT2D eigenvalue weighted by atomic mass is 32.1. The molecular weight excluding hydrogens is 246 g/mol. The summed E-state index contributed by atoms with van der Waals surface area (Å²) in [6.07, 6.45) is 2.07. The van der Waals surface area contributed by atoms with Crippen molar-refractivity contribution in [2.24, 2.45) is 5.41 Å². The van der Waals surface area contributed by atoms with E-state index in [-0.39, 0.29) is 17.4 Å². The van der Waals surface area contributed by atoms with Crippen LogP contribution in [0.15, 0.2) is 5.38 Å². The number of rotatable bonds is 2. The van der Waals surface area contributed by atoms with Crippen LogP contribution in [-0.4, -0.2) is 30.5 Å². The summed E-state index contributed by atoms with van der Waals surface area (Å²) in [6, 6.07) is -0.137. The van der Waals surface area contributed by atoms with Gasteiger partial charge >= 0.3 is 0 Å². The molecule has 0 bridgehead atoms. The topological polar surface area (TPSA) is 45.2 Å². The molecule has 1 fully saturated rings. The van der Waals surface area contributed by atoms with E-state index in [2.05, 4.69) is 24.1 Å². The molecule has 2 rings (SSSR count). The summed E-state index contributed by atoms with van der Waals surface area (Å²) in [7, 11) is 1.86. The molecule has 0 spiro atoms. The van der Waals surface area contributed by atoms with E-state index in [0.717, 1.165) is 30.2 Å². The molecule has 100 valence electrons. The molecule has 1 saturated heterocycles. The van der Waals surface area contributed by atoms with Gasteiger partial charge in [-0.1, -0.05) is 13.8 Å². The van der Waals surface area contributed by atoms with Gasteiger partial charge in [-0.2, -0.15) is 0 Å². The number of carbonyl (C=O) groups excluding carboxylic acids is 1. The molecule has 1 aliphatic heterocycles. The van der Waals surface area contributed by atoms with E-state index < -0.39 is 0 Å². The van der Waals surface area contributed by atoms with Gasteiger partial charge in [0.05, 0.1) is 11.0 Å². The second kappa shape index (κ2) is 4.97. The molecule has 1 aliphatic rings. The number of aryl methyl sites for hydroxylation is 1. The van der Waals surface area contributed by atoms with Gasteiger partial charge < -0.3 is 5.32 Å². The van der Waals surface area contributed by atoms with Crippen LogP contribution in [-0.2, 0) is 4.79 Å². The summed E-state index contributed by atoms with van der Waals surface area (Å²) in [6.45, 7) is 7.04. The van der Waals surface area contributed by atoms with Crippen LogP contribution in [0.4, 0.5) is 5.82 Å². The largest absolute Gasteiger partial charge is 0.308 e. The average molecular weight is 267 g/mol. The van der Waals surface area contributed by atoms with Gasteiger partial charge in [-0.25, -0.2) is 4.98 Å². The van der Waals surface area contributed by atoms with Gasteiger partial charge in [0.15, 0.2) is 0 Å². The summed E-state index contributed by atoms with van der Waals surface area (Å²) in [5.74, 6) is 0.950. The standard InChI is InChI=1S/C13H21N3OS/c1-9-15-10(8-18-9)16-7-5-6-13(2,3)11(14-4)12(16)17/h8,11,14H,5-7H2,1-4H3. The number of anilines is 1. The molecule has 1 aromatic heterocycles. The Kier molecular flexibility index (Phi) is 3.73. The summed E-state index contributed by atoms with van der Waals surface area (Å²) < 4.78 is 0. The van der Waals surface area contributed by atoms with Crippen molar-refractivity contribution in [3.8, 4) is 0 Å². The molecule has 4 nitrogen and oxygen atoms in total. The quantitative estimate of drug-likeness (QED) is 0.893. The lowest BCUT2D eigenvalue weighted by Crippen LogP contribution is -2.51. The number of aromatic nitrogens is 1. The van der Waals surface area contributed by atoms with Crippen molar-refractivity contribution < 1.29 is 4.79 Å². The smallest absolute Gasteiger partial charge is 0.245 e. The Morgan fingerprint density at radius 2 is 2.28 bits per heavy atom. The summed E-state index contributed by atoms with van der Waals surface area (Å²) in [5, 5.41) is 6.15. The number of likely N-dealkylation sites (N-methyl/N-ethyl adjacent to an activating group) is 1. The Balaban J connectivity index is 2.30. The fourth-order valence-corrected chi connectivity index (χ4v) is 3.26. The summed E-state index contributed by atoms with van der Waals surface area (Å²) >= 11 is 1.59. The highest BCUT2D eigenvalue weighted by Gasteiger charge is 2.39. The minimum absolute atomic E-state index is 0.00828. The Bertz CT molecular complexity index is 441. The Labute approximate surface area is 112 Å². The molecule has 0 aliphatic carbocycles. The number of hydrogen-bond acceptors (Lipinski definition) is 4. The van der Waals surface area contributed by atoms with Crippen LogP contribution in [0.2, 0.25) is 0 Å². The third-order valence-corrected chi connectivity index (χ3v) is 4.43. The molecule has 1 atom stereocenters. The normalized spacial score (nSPS) is 24.1. The van der Waals surface area contributed by atoms with Gasteiger partial charge in [0, 0.05) is 11.9 Å². The lowest BCUT2D eigenvalue weighted by atomic mass is 9.80. The van der Waals surface area contributed by atoms with Crippen LogP contribution < -0.4 is 10.2 Å². The molecule has 1 amide bonds. The second-order valence-electron chi connectivity index (χ2n) is 5.53. The maximum absolute atomic E-state index is 12.6. The van der Waals surface area contributed by atoms with Crippen LogP contribution in [0.3, 0.4) is 0 Å². The van der Waals surface area contributed by atoms with Crippen molar-refractivity contribution >= 4 is 23.1 Å². The lowest BCUT2D eigenvalue weighted by Gasteiger charge is -2.32. The van der Waals surface area contributed by atoms with Crippen LogP contribution in [0.1, 0.15) is 31.7 Å². The zero-order valence-corrected chi connectivity index (χ0v) is 12.3. The average Bonchev–Trinajstić information content (AvgIpc) is 2.66. The third-order valence-electron chi connectivity index (χ3n) is 3.67. The first-order valence-electron chi connectivity index (χ1n) is 6.36. The summed E-state index contributed by atoms with van der Waals surface area (Å²) in [4.78, 5) is 18.9. The van der Waals surface area contributed by atoms with E-state index in [1.165, 1.54) is 0 Å². The molecule has 2 heterocycles. The van der Waals surface area contributed by atoms with Gasteiger partial charge in [0.2, 0.25) is 5.91 Å². The van der Waals surface area contributed by atoms with E-state index in [0.29, 0.717) is 0 Å². The van der Waals surface area contributed by atoms with Crippen molar-refractivity contribution in [3.05, 3.63) is 10.4 Å². The molecule has 5 heteroatoms. The van der Waals surface area contributed by atoms with E-state index >= 15 is 0 Å². The van der Waals surface area contributed by atoms with E-state index in [1.807, 2.05) is 24.3 Å². The Hall–Kier alpha value is -0.940. The number of carbonyl (C=O) groups is 1. The molecule has 1 aromatic rings. The molecular formula is C13H21N3OS. The minimum Gasteiger partial charge on any atom is -0.308 e. The van der Waals surface area contributed by atoms with Crippen molar-refractivity contribution in [3.63, 3.8) is 0 Å². The fraction of sp³-hybridized carbons (Fsp3) is 0.692. The van der Waals surface area contributed by atoms with E-state index in [4.69, 9.17) is 0 Å². The molecule has 1 unspecified atom stereocenters. The first kappa shape index (κ1) is 13.5. The first-order chi connectivity index (χ1) is 8.45.